The van der Waals surface area contributed by atoms with Crippen LogP contribution in [0.2, 0.25) is 5.02 Å². The molecule has 0 fully saturated rings. The Morgan fingerprint density at radius 3 is 2.62 bits per heavy atom. The van der Waals surface area contributed by atoms with E-state index in [1.165, 1.54) is 0 Å². The summed E-state index contributed by atoms with van der Waals surface area (Å²) in [6.07, 6.45) is 0.618. The summed E-state index contributed by atoms with van der Waals surface area (Å²) < 4.78 is 10.9. The van der Waals surface area contributed by atoms with Gasteiger partial charge in [-0.3, -0.25) is 4.79 Å². The van der Waals surface area contributed by atoms with Crippen molar-refractivity contribution in [3.63, 3.8) is 0 Å². The standard InChI is InChI=1S/C20H18ClNO4/c1-3-16-12(2)17-9-8-15(10-18(17)26-20(16)24)25-11-19(23)22-14-6-4-13(21)5-7-14/h4-10H,3,11H2,1-2H3,(H,22,23). The van der Waals surface area contributed by atoms with Gasteiger partial charge in [-0.05, 0) is 55.3 Å². The molecule has 0 saturated heterocycles. The summed E-state index contributed by atoms with van der Waals surface area (Å²) in [5, 5.41) is 4.17. The average molecular weight is 372 g/mol. The molecule has 26 heavy (non-hydrogen) atoms. The number of benzene rings is 2. The number of fused-ring (bicyclic) bond motifs is 1. The highest BCUT2D eigenvalue weighted by atomic mass is 35.5. The molecule has 0 aliphatic rings. The van der Waals surface area contributed by atoms with E-state index in [1.807, 2.05) is 19.9 Å². The van der Waals surface area contributed by atoms with Crippen LogP contribution in [0.15, 0.2) is 51.7 Å². The molecule has 3 rings (SSSR count). The second-order valence-corrected chi connectivity index (χ2v) is 6.28. The van der Waals surface area contributed by atoms with Crippen LogP contribution in [0.5, 0.6) is 5.75 Å². The predicted octanol–water partition coefficient (Wildman–Crippen LogP) is 4.33. The van der Waals surface area contributed by atoms with Crippen molar-refractivity contribution in [2.45, 2.75) is 20.3 Å². The fourth-order valence-electron chi connectivity index (χ4n) is 2.75. The first-order chi connectivity index (χ1) is 12.5. The summed E-state index contributed by atoms with van der Waals surface area (Å²) in [5.41, 5.74) is 2.32. The molecule has 0 aliphatic heterocycles. The number of halogens is 1. The first-order valence-electron chi connectivity index (χ1n) is 8.22. The zero-order valence-electron chi connectivity index (χ0n) is 14.5. The van der Waals surface area contributed by atoms with Crippen LogP contribution >= 0.6 is 11.6 Å². The van der Waals surface area contributed by atoms with E-state index < -0.39 is 0 Å². The molecule has 3 aromatic rings. The second-order valence-electron chi connectivity index (χ2n) is 5.85. The lowest BCUT2D eigenvalue weighted by Crippen LogP contribution is -2.20. The van der Waals surface area contributed by atoms with E-state index in [4.69, 9.17) is 20.8 Å². The number of hydrogen-bond donors (Lipinski definition) is 1. The van der Waals surface area contributed by atoms with Crippen LogP contribution in [-0.4, -0.2) is 12.5 Å². The van der Waals surface area contributed by atoms with Gasteiger partial charge in [0.15, 0.2) is 6.61 Å². The maximum Gasteiger partial charge on any atom is 0.339 e. The van der Waals surface area contributed by atoms with E-state index in [-0.39, 0.29) is 18.1 Å². The van der Waals surface area contributed by atoms with Gasteiger partial charge < -0.3 is 14.5 Å². The third-order valence-electron chi connectivity index (χ3n) is 4.11. The Morgan fingerprint density at radius 2 is 1.92 bits per heavy atom. The fourth-order valence-corrected chi connectivity index (χ4v) is 2.88. The molecule has 134 valence electrons. The van der Waals surface area contributed by atoms with Gasteiger partial charge in [0.1, 0.15) is 11.3 Å². The van der Waals surface area contributed by atoms with Crippen LogP contribution < -0.4 is 15.7 Å². The van der Waals surface area contributed by atoms with E-state index in [1.54, 1.807) is 36.4 Å². The van der Waals surface area contributed by atoms with Crippen LogP contribution in [0.4, 0.5) is 5.69 Å². The minimum Gasteiger partial charge on any atom is -0.484 e. The largest absolute Gasteiger partial charge is 0.484 e. The van der Waals surface area contributed by atoms with Crippen molar-refractivity contribution in [2.75, 3.05) is 11.9 Å². The normalized spacial score (nSPS) is 10.7. The molecule has 2 aromatic carbocycles. The van der Waals surface area contributed by atoms with Crippen LogP contribution in [0.3, 0.4) is 0 Å². The van der Waals surface area contributed by atoms with Crippen molar-refractivity contribution in [3.05, 3.63) is 69.0 Å². The first-order valence-corrected chi connectivity index (χ1v) is 8.60. The second kappa shape index (κ2) is 7.62. The molecule has 0 spiro atoms. The third-order valence-corrected chi connectivity index (χ3v) is 4.36. The Labute approximate surface area is 155 Å². The van der Waals surface area contributed by atoms with Crippen molar-refractivity contribution in [1.29, 1.82) is 0 Å². The predicted molar refractivity (Wildman–Crippen MR) is 102 cm³/mol. The number of ether oxygens (including phenoxy) is 1. The molecule has 1 aromatic heterocycles. The summed E-state index contributed by atoms with van der Waals surface area (Å²) in [6.45, 7) is 3.66. The van der Waals surface area contributed by atoms with Gasteiger partial charge in [-0.25, -0.2) is 4.79 Å². The van der Waals surface area contributed by atoms with Gasteiger partial charge in [0.25, 0.3) is 5.91 Å². The molecule has 1 N–H and O–H groups in total. The molecule has 0 bridgehead atoms. The molecule has 0 saturated carbocycles. The van der Waals surface area contributed by atoms with Gasteiger partial charge in [0.05, 0.1) is 0 Å². The lowest BCUT2D eigenvalue weighted by atomic mass is 10.0. The molecule has 1 amide bonds. The number of aryl methyl sites for hydroxylation is 1. The number of nitrogens with one attached hydrogen (secondary N) is 1. The number of hydrogen-bond acceptors (Lipinski definition) is 4. The summed E-state index contributed by atoms with van der Waals surface area (Å²) in [4.78, 5) is 24.0. The molecule has 5 nitrogen and oxygen atoms in total. The Morgan fingerprint density at radius 1 is 1.19 bits per heavy atom. The van der Waals surface area contributed by atoms with Crippen LogP contribution in [0, 0.1) is 6.92 Å². The number of amides is 1. The molecule has 0 unspecified atom stereocenters. The minimum absolute atomic E-state index is 0.162. The van der Waals surface area contributed by atoms with Gasteiger partial charge in [0.2, 0.25) is 0 Å². The summed E-state index contributed by atoms with van der Waals surface area (Å²) >= 11 is 5.81. The SMILES string of the molecule is CCc1c(C)c2ccc(OCC(=O)Nc3ccc(Cl)cc3)cc2oc1=O. The number of carbonyl (C=O) groups is 1. The monoisotopic (exact) mass is 371 g/mol. The van der Waals surface area contributed by atoms with Gasteiger partial charge in [0, 0.05) is 27.7 Å². The minimum atomic E-state index is -0.338. The van der Waals surface area contributed by atoms with Gasteiger partial charge >= 0.3 is 5.63 Å². The lowest BCUT2D eigenvalue weighted by molar-refractivity contribution is -0.118. The van der Waals surface area contributed by atoms with Gasteiger partial charge in [-0.2, -0.15) is 0 Å². The molecular formula is C20H18ClNO4. The fraction of sp³-hybridized carbons (Fsp3) is 0.200. The van der Waals surface area contributed by atoms with Crippen LogP contribution in [0.25, 0.3) is 11.0 Å². The Bertz CT molecular complexity index is 1010. The highest BCUT2D eigenvalue weighted by Crippen LogP contribution is 2.24. The number of rotatable bonds is 5. The smallest absolute Gasteiger partial charge is 0.339 e. The van der Waals surface area contributed by atoms with Gasteiger partial charge in [-0.15, -0.1) is 0 Å². The summed E-state index contributed by atoms with van der Waals surface area (Å²) in [5.74, 6) is 0.155. The Kier molecular flexibility index (Phi) is 5.28. The van der Waals surface area contributed by atoms with E-state index in [9.17, 15) is 9.59 Å². The van der Waals surface area contributed by atoms with Crippen molar-refractivity contribution < 1.29 is 13.9 Å². The maximum absolute atomic E-state index is 12.0. The zero-order valence-corrected chi connectivity index (χ0v) is 15.2. The summed E-state index contributed by atoms with van der Waals surface area (Å²) in [7, 11) is 0. The highest BCUT2D eigenvalue weighted by Gasteiger charge is 2.11. The molecule has 0 atom stereocenters. The van der Waals surface area contributed by atoms with E-state index in [0.717, 1.165) is 10.9 Å². The first kappa shape index (κ1) is 18.0. The Balaban J connectivity index is 1.72. The molecule has 1 heterocycles. The van der Waals surface area contributed by atoms with Gasteiger partial charge in [-0.1, -0.05) is 18.5 Å². The van der Waals surface area contributed by atoms with Crippen molar-refractivity contribution in [1.82, 2.24) is 0 Å². The zero-order chi connectivity index (χ0) is 18.7. The lowest BCUT2D eigenvalue weighted by Gasteiger charge is -2.10. The molecule has 6 heteroatoms. The molecule has 0 aliphatic carbocycles. The van der Waals surface area contributed by atoms with Crippen molar-refractivity contribution >= 4 is 34.2 Å². The quantitative estimate of drug-likeness (QED) is 0.677. The highest BCUT2D eigenvalue weighted by molar-refractivity contribution is 6.30. The number of carbonyl (C=O) groups excluding carboxylic acids is 1. The van der Waals surface area contributed by atoms with E-state index in [2.05, 4.69) is 5.32 Å². The van der Waals surface area contributed by atoms with Crippen molar-refractivity contribution in [3.8, 4) is 5.75 Å². The van der Waals surface area contributed by atoms with E-state index >= 15 is 0 Å². The summed E-state index contributed by atoms with van der Waals surface area (Å²) in [6, 6.07) is 12.0. The maximum atomic E-state index is 12.0. The number of anilines is 1. The topological polar surface area (TPSA) is 68.5 Å². The van der Waals surface area contributed by atoms with Crippen molar-refractivity contribution in [2.24, 2.45) is 0 Å². The molecular weight excluding hydrogens is 354 g/mol. The van der Waals surface area contributed by atoms with Crippen LogP contribution in [-0.2, 0) is 11.2 Å². The Hall–Kier alpha value is -2.79. The third kappa shape index (κ3) is 3.89. The molecule has 0 radical (unpaired) electrons. The van der Waals surface area contributed by atoms with E-state index in [0.29, 0.717) is 34.0 Å². The average Bonchev–Trinajstić information content (AvgIpc) is 2.62. The van der Waals surface area contributed by atoms with Crippen LogP contribution in [0.1, 0.15) is 18.1 Å².